The number of anilines is 1. The van der Waals surface area contributed by atoms with Gasteiger partial charge in [0.2, 0.25) is 5.91 Å². The van der Waals surface area contributed by atoms with Crippen LogP contribution in [0.4, 0.5) is 10.5 Å². The fourth-order valence-electron chi connectivity index (χ4n) is 1.54. The van der Waals surface area contributed by atoms with Gasteiger partial charge in [0.05, 0.1) is 6.42 Å². The molecule has 8 nitrogen and oxygen atoms in total. The van der Waals surface area contributed by atoms with Gasteiger partial charge in [0.25, 0.3) is 0 Å². The molecule has 0 radical (unpaired) electrons. The molecule has 5 N–H and O–H groups in total. The van der Waals surface area contributed by atoms with Gasteiger partial charge in [-0.3, -0.25) is 9.59 Å². The number of nitrogens with two attached hydrogens (primary N) is 1. The van der Waals surface area contributed by atoms with Gasteiger partial charge in [0.15, 0.2) is 5.78 Å². The maximum Gasteiger partial charge on any atom is 0.326 e. The number of primary amides is 1. The van der Waals surface area contributed by atoms with E-state index >= 15 is 0 Å². The number of carbonyl (C=O) groups is 4. The highest BCUT2D eigenvalue weighted by atomic mass is 16.4. The van der Waals surface area contributed by atoms with Crippen LogP contribution < -0.4 is 16.4 Å². The number of hydrogen-bond acceptors (Lipinski definition) is 4. The molecule has 0 aliphatic heterocycles. The van der Waals surface area contributed by atoms with Gasteiger partial charge in [-0.2, -0.15) is 0 Å². The Labute approximate surface area is 120 Å². The normalized spacial score (nSPS) is 11.3. The molecule has 1 rings (SSSR count). The Hall–Kier alpha value is -2.90. The molecular weight excluding hydrogens is 278 g/mol. The fourth-order valence-corrected chi connectivity index (χ4v) is 1.54. The van der Waals surface area contributed by atoms with Gasteiger partial charge in [-0.15, -0.1) is 0 Å². The SMILES string of the molecule is CC(=O)c1cccc(NC(=O)N[C@@H](CC(N)=O)C(=O)O)c1. The quantitative estimate of drug-likeness (QED) is 0.560. The van der Waals surface area contributed by atoms with Crippen molar-refractivity contribution in [1.29, 1.82) is 0 Å². The summed E-state index contributed by atoms with van der Waals surface area (Å²) in [5, 5.41) is 13.3. The van der Waals surface area contributed by atoms with E-state index in [0.717, 1.165) is 0 Å². The van der Waals surface area contributed by atoms with Crippen LogP contribution in [-0.2, 0) is 9.59 Å². The number of carboxylic acid groups (broad SMARTS) is 1. The summed E-state index contributed by atoms with van der Waals surface area (Å²) in [6.07, 6.45) is -0.518. The highest BCUT2D eigenvalue weighted by Gasteiger charge is 2.22. The molecule has 0 aliphatic carbocycles. The summed E-state index contributed by atoms with van der Waals surface area (Å²) in [4.78, 5) is 44.5. The molecule has 1 atom stereocenters. The number of hydrogen-bond donors (Lipinski definition) is 4. The molecule has 0 aliphatic rings. The minimum absolute atomic E-state index is 0.170. The number of rotatable bonds is 6. The number of carbonyl (C=O) groups excluding carboxylic acids is 3. The van der Waals surface area contributed by atoms with E-state index in [2.05, 4.69) is 10.6 Å². The summed E-state index contributed by atoms with van der Waals surface area (Å²) in [6.45, 7) is 1.38. The van der Waals surface area contributed by atoms with E-state index in [0.29, 0.717) is 11.3 Å². The van der Waals surface area contributed by atoms with Gasteiger partial charge < -0.3 is 21.5 Å². The van der Waals surface area contributed by atoms with Crippen LogP contribution in [0, 0.1) is 0 Å². The summed E-state index contributed by atoms with van der Waals surface area (Å²) in [5.41, 5.74) is 5.63. The molecule has 1 aromatic rings. The number of carboxylic acids is 1. The van der Waals surface area contributed by atoms with Gasteiger partial charge in [0.1, 0.15) is 6.04 Å². The van der Waals surface area contributed by atoms with Gasteiger partial charge in [-0.1, -0.05) is 12.1 Å². The molecule has 0 bridgehead atoms. The molecule has 0 saturated heterocycles. The second kappa shape index (κ2) is 7.04. The van der Waals surface area contributed by atoms with E-state index in [1.54, 1.807) is 12.1 Å². The van der Waals surface area contributed by atoms with Crippen molar-refractivity contribution in [2.24, 2.45) is 5.73 Å². The summed E-state index contributed by atoms with van der Waals surface area (Å²) >= 11 is 0. The Kier molecular flexibility index (Phi) is 5.41. The van der Waals surface area contributed by atoms with Crippen LogP contribution in [0.1, 0.15) is 23.7 Å². The largest absolute Gasteiger partial charge is 0.480 e. The lowest BCUT2D eigenvalue weighted by Gasteiger charge is -2.13. The average Bonchev–Trinajstić information content (AvgIpc) is 2.37. The van der Waals surface area contributed by atoms with E-state index in [9.17, 15) is 19.2 Å². The lowest BCUT2D eigenvalue weighted by molar-refractivity contribution is -0.140. The van der Waals surface area contributed by atoms with Crippen LogP contribution in [-0.4, -0.2) is 34.8 Å². The van der Waals surface area contributed by atoms with Crippen molar-refractivity contribution in [1.82, 2.24) is 5.32 Å². The third-order valence-corrected chi connectivity index (χ3v) is 2.54. The van der Waals surface area contributed by atoms with Crippen molar-refractivity contribution in [3.8, 4) is 0 Å². The molecule has 0 saturated carbocycles. The number of ketones is 1. The smallest absolute Gasteiger partial charge is 0.326 e. The highest BCUT2D eigenvalue weighted by molar-refractivity contribution is 5.97. The number of aliphatic carboxylic acids is 1. The summed E-state index contributed by atoms with van der Waals surface area (Å²) < 4.78 is 0. The summed E-state index contributed by atoms with van der Waals surface area (Å²) in [7, 11) is 0. The topological polar surface area (TPSA) is 139 Å². The molecule has 0 fully saturated rings. The Balaban J connectivity index is 2.72. The third-order valence-electron chi connectivity index (χ3n) is 2.54. The Morgan fingerprint density at radius 1 is 1.29 bits per heavy atom. The van der Waals surface area contributed by atoms with Crippen LogP contribution in [0.15, 0.2) is 24.3 Å². The lowest BCUT2D eigenvalue weighted by Crippen LogP contribution is -2.45. The zero-order valence-electron chi connectivity index (χ0n) is 11.3. The fraction of sp³-hybridized carbons (Fsp3) is 0.231. The minimum atomic E-state index is -1.42. The maximum atomic E-state index is 11.7. The van der Waals surface area contributed by atoms with Crippen molar-refractivity contribution in [2.45, 2.75) is 19.4 Å². The molecular formula is C13H15N3O5. The van der Waals surface area contributed by atoms with Crippen molar-refractivity contribution < 1.29 is 24.3 Å². The van der Waals surface area contributed by atoms with Crippen molar-refractivity contribution in [3.05, 3.63) is 29.8 Å². The van der Waals surface area contributed by atoms with Gasteiger partial charge in [0, 0.05) is 11.3 Å². The molecule has 0 aromatic heterocycles. The second-order valence-electron chi connectivity index (χ2n) is 4.30. The molecule has 1 aromatic carbocycles. The Morgan fingerprint density at radius 2 is 1.95 bits per heavy atom. The monoisotopic (exact) mass is 293 g/mol. The number of nitrogens with one attached hydrogen (secondary N) is 2. The molecule has 8 heteroatoms. The van der Waals surface area contributed by atoms with Crippen LogP contribution in [0.3, 0.4) is 0 Å². The Bertz CT molecular complexity index is 585. The van der Waals surface area contributed by atoms with Crippen molar-refractivity contribution >= 4 is 29.4 Å². The maximum absolute atomic E-state index is 11.7. The predicted molar refractivity (Wildman–Crippen MR) is 73.8 cm³/mol. The summed E-state index contributed by atoms with van der Waals surface area (Å²) in [6, 6.07) is 3.91. The van der Waals surface area contributed by atoms with E-state index in [4.69, 9.17) is 10.8 Å². The Morgan fingerprint density at radius 3 is 2.48 bits per heavy atom. The predicted octanol–water partition coefficient (Wildman–Crippen LogP) is 0.339. The average molecular weight is 293 g/mol. The highest BCUT2D eigenvalue weighted by Crippen LogP contribution is 2.11. The first-order valence-electron chi connectivity index (χ1n) is 5.99. The van der Waals surface area contributed by atoms with E-state index < -0.39 is 30.4 Å². The molecule has 0 heterocycles. The van der Waals surface area contributed by atoms with E-state index in [-0.39, 0.29) is 5.78 Å². The van der Waals surface area contributed by atoms with Crippen LogP contribution in [0.2, 0.25) is 0 Å². The standard InChI is InChI=1S/C13H15N3O5/c1-7(17)8-3-2-4-9(5-8)15-13(21)16-10(12(19)20)6-11(14)18/h2-5,10H,6H2,1H3,(H2,14,18)(H,19,20)(H2,15,16,21)/t10-/m0/s1. The molecule has 0 unspecified atom stereocenters. The number of Topliss-reactive ketones (excluding diaryl/α,β-unsaturated/α-hetero) is 1. The van der Waals surface area contributed by atoms with E-state index in [1.165, 1.54) is 19.1 Å². The van der Waals surface area contributed by atoms with Gasteiger partial charge in [-0.05, 0) is 19.1 Å². The van der Waals surface area contributed by atoms with Gasteiger partial charge in [-0.25, -0.2) is 9.59 Å². The second-order valence-corrected chi connectivity index (χ2v) is 4.30. The third kappa shape index (κ3) is 5.31. The van der Waals surface area contributed by atoms with Crippen LogP contribution in [0.25, 0.3) is 0 Å². The number of amides is 3. The molecule has 3 amide bonds. The first kappa shape index (κ1) is 16.2. The zero-order chi connectivity index (χ0) is 16.0. The van der Waals surface area contributed by atoms with E-state index in [1.807, 2.05) is 0 Å². The molecule has 0 spiro atoms. The first-order chi connectivity index (χ1) is 9.79. The van der Waals surface area contributed by atoms with Crippen molar-refractivity contribution in [2.75, 3.05) is 5.32 Å². The lowest BCUT2D eigenvalue weighted by atomic mass is 10.1. The minimum Gasteiger partial charge on any atom is -0.480 e. The molecule has 21 heavy (non-hydrogen) atoms. The van der Waals surface area contributed by atoms with Crippen LogP contribution >= 0.6 is 0 Å². The first-order valence-corrected chi connectivity index (χ1v) is 5.99. The van der Waals surface area contributed by atoms with Gasteiger partial charge >= 0.3 is 12.0 Å². The number of benzene rings is 1. The molecule has 112 valence electrons. The zero-order valence-corrected chi connectivity index (χ0v) is 11.3. The summed E-state index contributed by atoms with van der Waals surface area (Å²) in [5.74, 6) is -2.39. The number of urea groups is 1. The van der Waals surface area contributed by atoms with Crippen LogP contribution in [0.5, 0.6) is 0 Å². The van der Waals surface area contributed by atoms with Crippen molar-refractivity contribution in [3.63, 3.8) is 0 Å².